The summed E-state index contributed by atoms with van der Waals surface area (Å²) >= 11 is 0. The van der Waals surface area contributed by atoms with Gasteiger partial charge in [0, 0.05) is 13.1 Å². The molecular formula is C17H26N2O2. The number of piperidine rings is 1. The number of ether oxygens (including phenoxy) is 1. The Balaban J connectivity index is 1.71. The van der Waals surface area contributed by atoms with Gasteiger partial charge in [-0.2, -0.15) is 0 Å². The zero-order valence-electron chi connectivity index (χ0n) is 13.1. The summed E-state index contributed by atoms with van der Waals surface area (Å²) in [6.45, 7) is 8.09. The van der Waals surface area contributed by atoms with Crippen LogP contribution in [-0.2, 0) is 4.79 Å². The van der Waals surface area contributed by atoms with E-state index in [1.807, 2.05) is 36.1 Å². The number of rotatable bonds is 6. The third kappa shape index (κ3) is 5.05. The minimum atomic E-state index is 0.0949. The van der Waals surface area contributed by atoms with Gasteiger partial charge in [-0.3, -0.25) is 4.79 Å². The lowest BCUT2D eigenvalue weighted by molar-refractivity contribution is -0.134. The van der Waals surface area contributed by atoms with Crippen molar-refractivity contribution in [2.24, 2.45) is 5.92 Å². The standard InChI is InChI=1S/C17H26N2O2/c1-3-18-12-15-8-10-19(11-9-15)17(20)13-21-16-6-4-14(2)5-7-16/h4-7,15,18H,3,8-13H2,1-2H3. The van der Waals surface area contributed by atoms with E-state index in [4.69, 9.17) is 4.74 Å². The van der Waals surface area contributed by atoms with Crippen LogP contribution in [0.25, 0.3) is 0 Å². The monoisotopic (exact) mass is 290 g/mol. The second kappa shape index (κ2) is 8.03. The van der Waals surface area contributed by atoms with Crippen LogP contribution in [0.3, 0.4) is 0 Å². The Hall–Kier alpha value is -1.55. The van der Waals surface area contributed by atoms with Gasteiger partial charge in [0.2, 0.25) is 0 Å². The van der Waals surface area contributed by atoms with Gasteiger partial charge in [-0.25, -0.2) is 0 Å². The van der Waals surface area contributed by atoms with Gasteiger partial charge in [0.15, 0.2) is 6.61 Å². The number of hydrogen-bond acceptors (Lipinski definition) is 3. The minimum absolute atomic E-state index is 0.0949. The molecule has 0 atom stereocenters. The highest BCUT2D eigenvalue weighted by Gasteiger charge is 2.22. The quantitative estimate of drug-likeness (QED) is 0.873. The number of likely N-dealkylation sites (tertiary alicyclic amines) is 1. The van der Waals surface area contributed by atoms with E-state index in [2.05, 4.69) is 12.2 Å². The molecule has 1 fully saturated rings. The van der Waals surface area contributed by atoms with E-state index >= 15 is 0 Å². The molecule has 4 heteroatoms. The van der Waals surface area contributed by atoms with Gasteiger partial charge in [0.05, 0.1) is 0 Å². The second-order valence-electron chi connectivity index (χ2n) is 5.73. The van der Waals surface area contributed by atoms with Gasteiger partial charge in [0.1, 0.15) is 5.75 Å². The molecule has 2 rings (SSSR count). The maximum absolute atomic E-state index is 12.1. The molecular weight excluding hydrogens is 264 g/mol. The van der Waals surface area contributed by atoms with Crippen LogP contribution in [0.4, 0.5) is 0 Å². The van der Waals surface area contributed by atoms with E-state index < -0.39 is 0 Å². The van der Waals surface area contributed by atoms with E-state index in [1.165, 1.54) is 5.56 Å². The van der Waals surface area contributed by atoms with Crippen molar-refractivity contribution in [3.63, 3.8) is 0 Å². The molecule has 0 aliphatic carbocycles. The molecule has 1 aromatic carbocycles. The van der Waals surface area contributed by atoms with Gasteiger partial charge in [-0.15, -0.1) is 0 Å². The summed E-state index contributed by atoms with van der Waals surface area (Å²) in [7, 11) is 0. The van der Waals surface area contributed by atoms with Crippen molar-refractivity contribution in [3.8, 4) is 5.75 Å². The Morgan fingerprint density at radius 2 is 1.95 bits per heavy atom. The number of carbonyl (C=O) groups is 1. The molecule has 0 aromatic heterocycles. The molecule has 0 radical (unpaired) electrons. The summed E-state index contributed by atoms with van der Waals surface area (Å²) < 4.78 is 5.56. The Labute approximate surface area is 127 Å². The molecule has 4 nitrogen and oxygen atoms in total. The molecule has 0 saturated carbocycles. The van der Waals surface area contributed by atoms with E-state index in [0.717, 1.165) is 44.8 Å². The van der Waals surface area contributed by atoms with Crippen LogP contribution in [0.5, 0.6) is 5.75 Å². The summed E-state index contributed by atoms with van der Waals surface area (Å²) in [5, 5.41) is 3.39. The molecule has 116 valence electrons. The Kier molecular flexibility index (Phi) is 6.05. The van der Waals surface area contributed by atoms with E-state index in [9.17, 15) is 4.79 Å². The molecule has 0 bridgehead atoms. The summed E-state index contributed by atoms with van der Waals surface area (Å²) in [5.74, 6) is 1.56. The van der Waals surface area contributed by atoms with Crippen LogP contribution >= 0.6 is 0 Å². The topological polar surface area (TPSA) is 41.6 Å². The van der Waals surface area contributed by atoms with Crippen molar-refractivity contribution >= 4 is 5.91 Å². The van der Waals surface area contributed by atoms with Gasteiger partial charge >= 0.3 is 0 Å². The molecule has 0 unspecified atom stereocenters. The largest absolute Gasteiger partial charge is 0.484 e. The Morgan fingerprint density at radius 3 is 2.57 bits per heavy atom. The Bertz CT molecular complexity index is 437. The van der Waals surface area contributed by atoms with E-state index in [0.29, 0.717) is 5.92 Å². The molecule has 1 N–H and O–H groups in total. The van der Waals surface area contributed by atoms with Gasteiger partial charge in [-0.1, -0.05) is 24.6 Å². The maximum Gasteiger partial charge on any atom is 0.260 e. The van der Waals surface area contributed by atoms with Crippen LogP contribution in [0, 0.1) is 12.8 Å². The molecule has 1 aromatic rings. The number of nitrogens with one attached hydrogen (secondary N) is 1. The molecule has 21 heavy (non-hydrogen) atoms. The van der Waals surface area contributed by atoms with Crippen LogP contribution in [0.15, 0.2) is 24.3 Å². The number of benzene rings is 1. The number of aryl methyl sites for hydroxylation is 1. The maximum atomic E-state index is 12.1. The van der Waals surface area contributed by atoms with Crippen molar-refractivity contribution in [3.05, 3.63) is 29.8 Å². The fourth-order valence-electron chi connectivity index (χ4n) is 2.61. The summed E-state index contributed by atoms with van der Waals surface area (Å²) in [6, 6.07) is 7.80. The fourth-order valence-corrected chi connectivity index (χ4v) is 2.61. The van der Waals surface area contributed by atoms with Crippen molar-refractivity contribution in [2.45, 2.75) is 26.7 Å². The molecule has 0 spiro atoms. The smallest absolute Gasteiger partial charge is 0.260 e. The SMILES string of the molecule is CCNCC1CCN(C(=O)COc2ccc(C)cc2)CC1. The third-order valence-electron chi connectivity index (χ3n) is 4.03. The lowest BCUT2D eigenvalue weighted by Gasteiger charge is -2.32. The predicted octanol–water partition coefficient (Wildman–Crippen LogP) is 2.22. The van der Waals surface area contributed by atoms with Crippen LogP contribution in [-0.4, -0.2) is 43.6 Å². The third-order valence-corrected chi connectivity index (χ3v) is 4.03. The highest BCUT2D eigenvalue weighted by molar-refractivity contribution is 5.77. The molecule has 1 aliphatic rings. The zero-order valence-corrected chi connectivity index (χ0v) is 13.1. The molecule has 1 saturated heterocycles. The van der Waals surface area contributed by atoms with Gasteiger partial charge in [0.25, 0.3) is 5.91 Å². The van der Waals surface area contributed by atoms with Crippen LogP contribution < -0.4 is 10.1 Å². The lowest BCUT2D eigenvalue weighted by atomic mass is 9.97. The number of nitrogens with zero attached hydrogens (tertiary/aromatic N) is 1. The number of amides is 1. The van der Waals surface area contributed by atoms with Crippen molar-refractivity contribution < 1.29 is 9.53 Å². The minimum Gasteiger partial charge on any atom is -0.484 e. The number of hydrogen-bond donors (Lipinski definition) is 1. The zero-order chi connectivity index (χ0) is 15.1. The Morgan fingerprint density at radius 1 is 1.29 bits per heavy atom. The average molecular weight is 290 g/mol. The lowest BCUT2D eigenvalue weighted by Crippen LogP contribution is -2.42. The van der Waals surface area contributed by atoms with Crippen molar-refractivity contribution in [1.82, 2.24) is 10.2 Å². The summed E-state index contributed by atoms with van der Waals surface area (Å²) in [5.41, 5.74) is 1.19. The first-order valence-electron chi connectivity index (χ1n) is 7.87. The summed E-state index contributed by atoms with van der Waals surface area (Å²) in [4.78, 5) is 14.1. The van der Waals surface area contributed by atoms with Gasteiger partial charge in [-0.05, 0) is 50.9 Å². The van der Waals surface area contributed by atoms with Crippen molar-refractivity contribution in [1.29, 1.82) is 0 Å². The molecule has 1 heterocycles. The highest BCUT2D eigenvalue weighted by Crippen LogP contribution is 2.17. The van der Waals surface area contributed by atoms with Crippen molar-refractivity contribution in [2.75, 3.05) is 32.8 Å². The first kappa shape index (κ1) is 15.8. The van der Waals surface area contributed by atoms with Gasteiger partial charge < -0.3 is 15.0 Å². The van der Waals surface area contributed by atoms with E-state index in [1.54, 1.807) is 0 Å². The second-order valence-corrected chi connectivity index (χ2v) is 5.73. The van der Waals surface area contributed by atoms with E-state index in [-0.39, 0.29) is 12.5 Å². The predicted molar refractivity (Wildman–Crippen MR) is 84.5 cm³/mol. The first-order valence-corrected chi connectivity index (χ1v) is 7.87. The molecule has 1 aliphatic heterocycles. The number of carbonyl (C=O) groups excluding carboxylic acids is 1. The average Bonchev–Trinajstić information content (AvgIpc) is 2.52. The summed E-state index contributed by atoms with van der Waals surface area (Å²) in [6.07, 6.45) is 2.17. The highest BCUT2D eigenvalue weighted by atomic mass is 16.5. The molecule has 1 amide bonds. The first-order chi connectivity index (χ1) is 10.2. The van der Waals surface area contributed by atoms with Crippen LogP contribution in [0.1, 0.15) is 25.3 Å². The normalized spacial score (nSPS) is 16.0. The fraction of sp³-hybridized carbons (Fsp3) is 0.588. The van der Waals surface area contributed by atoms with Crippen LogP contribution in [0.2, 0.25) is 0 Å².